The quantitative estimate of drug-likeness (QED) is 0.842. The summed E-state index contributed by atoms with van der Waals surface area (Å²) in [6.45, 7) is 4.09. The smallest absolute Gasteiger partial charge is 0.266 e. The predicted molar refractivity (Wildman–Crippen MR) is 84.6 cm³/mol. The number of hydrogen-bond acceptors (Lipinski definition) is 1. The Hall–Kier alpha value is -1.65. The zero-order valence-corrected chi connectivity index (χ0v) is 12.6. The van der Waals surface area contributed by atoms with Gasteiger partial charge in [-0.3, -0.25) is 4.55 Å². The molecule has 20 heavy (non-hydrogen) atoms. The van der Waals surface area contributed by atoms with Gasteiger partial charge in [0.2, 0.25) is 0 Å². The minimum absolute atomic E-state index is 0.789. The van der Waals surface area contributed by atoms with E-state index < -0.39 is 11.3 Å². The second kappa shape index (κ2) is 6.68. The standard InChI is InChI=1S/C16H19NO2S/c1-3-13-9-5-7-11-15(13)17(20(18)19)16-12-8-6-10-14(16)4-2/h5-12H,3-4H2,1-2H3,(H,18,19). The monoisotopic (exact) mass is 289 g/mol. The number of aryl methyl sites for hydroxylation is 2. The lowest BCUT2D eigenvalue weighted by atomic mass is 10.1. The van der Waals surface area contributed by atoms with Gasteiger partial charge in [-0.2, -0.15) is 0 Å². The lowest BCUT2D eigenvalue weighted by Crippen LogP contribution is -2.21. The number of para-hydroxylation sites is 2. The van der Waals surface area contributed by atoms with Crippen molar-refractivity contribution in [2.45, 2.75) is 26.7 Å². The molecule has 2 aromatic carbocycles. The summed E-state index contributed by atoms with van der Waals surface area (Å²) in [5.41, 5.74) is 3.69. The summed E-state index contributed by atoms with van der Waals surface area (Å²) >= 11 is -2.10. The fourth-order valence-electron chi connectivity index (χ4n) is 2.31. The summed E-state index contributed by atoms with van der Waals surface area (Å²) in [7, 11) is 0. The van der Waals surface area contributed by atoms with Crippen LogP contribution in [0.3, 0.4) is 0 Å². The lowest BCUT2D eigenvalue weighted by Gasteiger charge is -2.24. The molecule has 1 unspecified atom stereocenters. The fraction of sp³-hybridized carbons (Fsp3) is 0.250. The van der Waals surface area contributed by atoms with Crippen LogP contribution >= 0.6 is 0 Å². The minimum Gasteiger partial charge on any atom is -0.289 e. The Balaban J connectivity index is 2.60. The summed E-state index contributed by atoms with van der Waals surface area (Å²) < 4.78 is 23.1. The van der Waals surface area contributed by atoms with Crippen LogP contribution in [0.2, 0.25) is 0 Å². The first-order chi connectivity index (χ1) is 9.69. The van der Waals surface area contributed by atoms with Crippen molar-refractivity contribution in [1.29, 1.82) is 0 Å². The van der Waals surface area contributed by atoms with Crippen LogP contribution in [0.25, 0.3) is 0 Å². The largest absolute Gasteiger partial charge is 0.289 e. The second-order valence-corrected chi connectivity index (χ2v) is 5.32. The van der Waals surface area contributed by atoms with E-state index in [0.717, 1.165) is 35.3 Å². The van der Waals surface area contributed by atoms with E-state index in [1.54, 1.807) is 0 Å². The van der Waals surface area contributed by atoms with Crippen molar-refractivity contribution in [3.05, 3.63) is 59.7 Å². The maximum atomic E-state index is 11.9. The Bertz CT molecular complexity index is 565. The Morgan fingerprint density at radius 3 is 1.65 bits per heavy atom. The van der Waals surface area contributed by atoms with Crippen LogP contribution in [0.15, 0.2) is 48.5 Å². The molecule has 2 aromatic rings. The van der Waals surface area contributed by atoms with E-state index in [-0.39, 0.29) is 0 Å². The molecule has 4 heteroatoms. The van der Waals surface area contributed by atoms with Gasteiger partial charge in [-0.25, -0.2) is 8.51 Å². The highest BCUT2D eigenvalue weighted by Gasteiger charge is 2.19. The van der Waals surface area contributed by atoms with E-state index in [1.807, 2.05) is 62.4 Å². The van der Waals surface area contributed by atoms with Crippen molar-refractivity contribution in [3.63, 3.8) is 0 Å². The SMILES string of the molecule is CCc1ccccc1N(c1ccccc1CC)S(=O)O. The van der Waals surface area contributed by atoms with E-state index in [9.17, 15) is 8.76 Å². The van der Waals surface area contributed by atoms with Gasteiger partial charge in [0, 0.05) is 0 Å². The molecule has 0 fully saturated rings. The first-order valence-corrected chi connectivity index (χ1v) is 7.82. The van der Waals surface area contributed by atoms with Gasteiger partial charge in [0.25, 0.3) is 11.3 Å². The topological polar surface area (TPSA) is 40.5 Å². The molecule has 0 bridgehead atoms. The molecule has 3 nitrogen and oxygen atoms in total. The average Bonchev–Trinajstić information content (AvgIpc) is 2.48. The Labute approximate surface area is 122 Å². The van der Waals surface area contributed by atoms with Gasteiger partial charge in [-0.1, -0.05) is 50.2 Å². The van der Waals surface area contributed by atoms with Crippen molar-refractivity contribution in [2.75, 3.05) is 4.31 Å². The number of hydrogen-bond donors (Lipinski definition) is 1. The molecule has 0 aliphatic heterocycles. The Kier molecular flexibility index (Phi) is 4.93. The molecule has 106 valence electrons. The molecule has 0 radical (unpaired) electrons. The van der Waals surface area contributed by atoms with Crippen LogP contribution in [-0.4, -0.2) is 8.76 Å². The molecule has 2 rings (SSSR count). The molecule has 0 spiro atoms. The van der Waals surface area contributed by atoms with Crippen molar-refractivity contribution in [1.82, 2.24) is 0 Å². The highest BCUT2D eigenvalue weighted by molar-refractivity contribution is 7.81. The molecule has 0 saturated carbocycles. The predicted octanol–water partition coefficient (Wildman–Crippen LogP) is 4.09. The minimum atomic E-state index is -2.10. The third-order valence-electron chi connectivity index (χ3n) is 3.34. The van der Waals surface area contributed by atoms with E-state index >= 15 is 0 Å². The third-order valence-corrected chi connectivity index (χ3v) is 4.04. The molecule has 0 aliphatic rings. The molecule has 0 amide bonds. The third kappa shape index (κ3) is 2.92. The highest BCUT2D eigenvalue weighted by Crippen LogP contribution is 2.32. The first kappa shape index (κ1) is 14.8. The Morgan fingerprint density at radius 1 is 0.900 bits per heavy atom. The summed E-state index contributed by atoms with van der Waals surface area (Å²) in [6, 6.07) is 15.4. The highest BCUT2D eigenvalue weighted by atomic mass is 32.2. The summed E-state index contributed by atoms with van der Waals surface area (Å²) in [6.07, 6.45) is 1.64. The van der Waals surface area contributed by atoms with Crippen LogP contribution in [-0.2, 0) is 24.1 Å². The molecular weight excluding hydrogens is 270 g/mol. The first-order valence-electron chi connectivity index (χ1n) is 6.76. The molecule has 0 aromatic heterocycles. The molecule has 1 N–H and O–H groups in total. The van der Waals surface area contributed by atoms with Gasteiger partial charge in [-0.15, -0.1) is 0 Å². The van der Waals surface area contributed by atoms with E-state index in [4.69, 9.17) is 0 Å². The van der Waals surface area contributed by atoms with Crippen LogP contribution in [0.4, 0.5) is 11.4 Å². The van der Waals surface area contributed by atoms with Crippen molar-refractivity contribution >= 4 is 22.6 Å². The summed E-state index contributed by atoms with van der Waals surface area (Å²) in [5, 5.41) is 0. The van der Waals surface area contributed by atoms with E-state index in [2.05, 4.69) is 0 Å². The molecule has 0 aliphatic carbocycles. The zero-order valence-electron chi connectivity index (χ0n) is 11.7. The molecule has 0 heterocycles. The van der Waals surface area contributed by atoms with E-state index in [0.29, 0.717) is 0 Å². The van der Waals surface area contributed by atoms with Gasteiger partial charge < -0.3 is 0 Å². The number of benzene rings is 2. The maximum Gasteiger partial charge on any atom is 0.266 e. The number of anilines is 2. The van der Waals surface area contributed by atoms with Gasteiger partial charge in [-0.05, 0) is 36.1 Å². The lowest BCUT2D eigenvalue weighted by molar-refractivity contribution is 0.564. The van der Waals surface area contributed by atoms with Crippen LogP contribution in [0.1, 0.15) is 25.0 Å². The molecule has 1 atom stereocenters. The normalized spacial score (nSPS) is 12.2. The maximum absolute atomic E-state index is 11.9. The fourth-order valence-corrected chi connectivity index (χ4v) is 3.01. The number of nitrogens with zero attached hydrogens (tertiary/aromatic N) is 1. The number of rotatable bonds is 5. The van der Waals surface area contributed by atoms with Crippen molar-refractivity contribution < 1.29 is 8.76 Å². The van der Waals surface area contributed by atoms with Crippen LogP contribution < -0.4 is 4.31 Å². The molecular formula is C16H19NO2S. The van der Waals surface area contributed by atoms with Gasteiger partial charge in [0.15, 0.2) is 0 Å². The van der Waals surface area contributed by atoms with Crippen molar-refractivity contribution in [3.8, 4) is 0 Å². The second-order valence-electron chi connectivity index (χ2n) is 4.49. The molecule has 0 saturated heterocycles. The van der Waals surface area contributed by atoms with Crippen LogP contribution in [0.5, 0.6) is 0 Å². The summed E-state index contributed by atoms with van der Waals surface area (Å²) in [4.78, 5) is 0. The van der Waals surface area contributed by atoms with E-state index in [1.165, 1.54) is 4.31 Å². The Morgan fingerprint density at radius 2 is 1.30 bits per heavy atom. The van der Waals surface area contributed by atoms with Gasteiger partial charge >= 0.3 is 0 Å². The van der Waals surface area contributed by atoms with Gasteiger partial charge in [0.05, 0.1) is 11.4 Å². The summed E-state index contributed by atoms with van der Waals surface area (Å²) in [5.74, 6) is 0. The average molecular weight is 289 g/mol. The van der Waals surface area contributed by atoms with Crippen molar-refractivity contribution in [2.24, 2.45) is 0 Å². The van der Waals surface area contributed by atoms with Crippen LogP contribution in [0, 0.1) is 0 Å². The zero-order chi connectivity index (χ0) is 14.5. The van der Waals surface area contributed by atoms with Gasteiger partial charge in [0.1, 0.15) is 0 Å².